The minimum Gasteiger partial charge on any atom is -0.478 e. The molecule has 0 amide bonds. The zero-order valence-corrected chi connectivity index (χ0v) is 12.0. The maximum absolute atomic E-state index is 10.5. The summed E-state index contributed by atoms with van der Waals surface area (Å²) in [6.07, 6.45) is 0. The molecule has 0 fully saturated rings. The van der Waals surface area contributed by atoms with E-state index in [-0.39, 0.29) is 16.7 Å². The third-order valence-electron chi connectivity index (χ3n) is 2.19. The number of hydrogen-bond acceptors (Lipinski definition) is 4. The summed E-state index contributed by atoms with van der Waals surface area (Å²) in [7, 11) is 0. The van der Waals surface area contributed by atoms with Gasteiger partial charge in [-0.05, 0) is 32.9 Å². The van der Waals surface area contributed by atoms with Crippen LogP contribution in [0.5, 0.6) is 0 Å². The summed E-state index contributed by atoms with van der Waals surface area (Å²) in [5, 5.41) is 20.3. The van der Waals surface area contributed by atoms with Crippen molar-refractivity contribution in [3.05, 3.63) is 35.4 Å². The SMILES string of the molecule is CC(C)(C)NCCN.O=C(O)c1ccccc1C(=O)O. The van der Waals surface area contributed by atoms with Gasteiger partial charge in [-0.3, -0.25) is 0 Å². The first kappa shape index (κ1) is 18.1. The maximum atomic E-state index is 10.5. The highest BCUT2D eigenvalue weighted by atomic mass is 16.4. The average molecular weight is 282 g/mol. The van der Waals surface area contributed by atoms with Gasteiger partial charge in [0.1, 0.15) is 0 Å². The molecular formula is C14H22N2O4. The number of carbonyl (C=O) groups is 2. The van der Waals surface area contributed by atoms with E-state index >= 15 is 0 Å². The first-order chi connectivity index (χ1) is 9.19. The van der Waals surface area contributed by atoms with Crippen LogP contribution in [0.15, 0.2) is 24.3 Å². The third kappa shape index (κ3) is 7.50. The second kappa shape index (κ2) is 8.29. The Bertz CT molecular complexity index is 420. The van der Waals surface area contributed by atoms with Crippen molar-refractivity contribution < 1.29 is 19.8 Å². The second-order valence-electron chi connectivity index (χ2n) is 5.12. The van der Waals surface area contributed by atoms with Crippen LogP contribution in [0, 0.1) is 0 Å². The van der Waals surface area contributed by atoms with Gasteiger partial charge in [-0.25, -0.2) is 9.59 Å². The van der Waals surface area contributed by atoms with Crippen molar-refractivity contribution >= 4 is 11.9 Å². The van der Waals surface area contributed by atoms with Crippen molar-refractivity contribution in [3.8, 4) is 0 Å². The van der Waals surface area contributed by atoms with Crippen molar-refractivity contribution in [2.45, 2.75) is 26.3 Å². The van der Waals surface area contributed by atoms with Gasteiger partial charge in [0.15, 0.2) is 0 Å². The Morgan fingerprint density at radius 3 is 1.70 bits per heavy atom. The van der Waals surface area contributed by atoms with Gasteiger partial charge < -0.3 is 21.3 Å². The highest BCUT2D eigenvalue weighted by molar-refractivity contribution is 6.01. The lowest BCUT2D eigenvalue weighted by molar-refractivity contribution is 0.0651. The lowest BCUT2D eigenvalue weighted by Gasteiger charge is -2.19. The minimum absolute atomic E-state index is 0.190. The fourth-order valence-electron chi connectivity index (χ4n) is 1.30. The molecule has 0 unspecified atom stereocenters. The number of benzene rings is 1. The molecule has 112 valence electrons. The molecule has 1 aromatic carbocycles. The zero-order chi connectivity index (χ0) is 15.8. The summed E-state index contributed by atoms with van der Waals surface area (Å²) >= 11 is 0. The molecule has 1 aromatic rings. The first-order valence-electron chi connectivity index (χ1n) is 6.19. The molecular weight excluding hydrogens is 260 g/mol. The fourth-order valence-corrected chi connectivity index (χ4v) is 1.30. The molecule has 0 spiro atoms. The molecule has 0 saturated heterocycles. The molecule has 0 aliphatic heterocycles. The molecule has 6 nitrogen and oxygen atoms in total. The van der Waals surface area contributed by atoms with Crippen LogP contribution in [0.4, 0.5) is 0 Å². The van der Waals surface area contributed by atoms with E-state index in [1.807, 2.05) is 0 Å². The summed E-state index contributed by atoms with van der Waals surface area (Å²) in [5.74, 6) is -2.46. The van der Waals surface area contributed by atoms with Crippen LogP contribution in [-0.4, -0.2) is 40.8 Å². The third-order valence-corrected chi connectivity index (χ3v) is 2.19. The highest BCUT2D eigenvalue weighted by Crippen LogP contribution is 2.07. The van der Waals surface area contributed by atoms with E-state index in [2.05, 4.69) is 26.1 Å². The van der Waals surface area contributed by atoms with Crippen molar-refractivity contribution in [3.63, 3.8) is 0 Å². The Labute approximate surface area is 118 Å². The Morgan fingerprint density at radius 1 is 1.10 bits per heavy atom. The quantitative estimate of drug-likeness (QED) is 0.664. The molecule has 0 atom stereocenters. The van der Waals surface area contributed by atoms with Gasteiger partial charge in [0.2, 0.25) is 0 Å². The molecule has 0 aromatic heterocycles. The molecule has 1 rings (SSSR count). The fraction of sp³-hybridized carbons (Fsp3) is 0.429. The Kier molecular flexibility index (Phi) is 7.49. The maximum Gasteiger partial charge on any atom is 0.336 e. The Hall–Kier alpha value is -1.92. The van der Waals surface area contributed by atoms with Crippen LogP contribution in [0.1, 0.15) is 41.5 Å². The van der Waals surface area contributed by atoms with Crippen molar-refractivity contribution in [1.29, 1.82) is 0 Å². The van der Waals surface area contributed by atoms with Gasteiger partial charge in [-0.2, -0.15) is 0 Å². The normalized spacial score (nSPS) is 10.4. The van der Waals surface area contributed by atoms with Crippen molar-refractivity contribution in [2.24, 2.45) is 5.73 Å². The molecule has 0 aliphatic rings. The summed E-state index contributed by atoms with van der Waals surface area (Å²) in [5.41, 5.74) is 5.12. The topological polar surface area (TPSA) is 113 Å². The summed E-state index contributed by atoms with van der Waals surface area (Å²) in [4.78, 5) is 20.9. The van der Waals surface area contributed by atoms with Crippen LogP contribution >= 0.6 is 0 Å². The monoisotopic (exact) mass is 282 g/mol. The zero-order valence-electron chi connectivity index (χ0n) is 12.0. The average Bonchev–Trinajstić information content (AvgIpc) is 2.36. The molecule has 0 saturated carbocycles. The van der Waals surface area contributed by atoms with Gasteiger partial charge in [0.05, 0.1) is 11.1 Å². The standard InChI is InChI=1S/C8H6O4.C6H16N2/c9-7(10)5-3-1-2-4-6(5)8(11)12;1-6(2,3)8-5-4-7/h1-4H,(H,9,10)(H,11,12);8H,4-5,7H2,1-3H3. The number of aromatic carboxylic acids is 2. The van der Waals surface area contributed by atoms with E-state index in [0.717, 1.165) is 13.1 Å². The molecule has 0 heterocycles. The van der Waals surface area contributed by atoms with Crippen LogP contribution in [0.25, 0.3) is 0 Å². The molecule has 0 aliphatic carbocycles. The molecule has 0 radical (unpaired) electrons. The van der Waals surface area contributed by atoms with Crippen molar-refractivity contribution in [1.82, 2.24) is 5.32 Å². The van der Waals surface area contributed by atoms with E-state index in [1.54, 1.807) is 0 Å². The summed E-state index contributed by atoms with van der Waals surface area (Å²) in [6.45, 7) is 8.01. The molecule has 0 bridgehead atoms. The largest absolute Gasteiger partial charge is 0.478 e. The van der Waals surface area contributed by atoms with Crippen LogP contribution < -0.4 is 11.1 Å². The summed E-state index contributed by atoms with van der Waals surface area (Å²) in [6, 6.07) is 5.48. The second-order valence-corrected chi connectivity index (χ2v) is 5.12. The molecule has 5 N–H and O–H groups in total. The van der Waals surface area contributed by atoms with E-state index in [9.17, 15) is 9.59 Å². The lowest BCUT2D eigenvalue weighted by atomic mass is 10.1. The van der Waals surface area contributed by atoms with Gasteiger partial charge in [-0.1, -0.05) is 12.1 Å². The number of nitrogens with one attached hydrogen (secondary N) is 1. The number of hydrogen-bond donors (Lipinski definition) is 4. The number of carboxylic acids is 2. The number of rotatable bonds is 4. The van der Waals surface area contributed by atoms with Gasteiger partial charge in [0.25, 0.3) is 0 Å². The predicted molar refractivity (Wildman–Crippen MR) is 77.2 cm³/mol. The Morgan fingerprint density at radius 2 is 1.50 bits per heavy atom. The van der Waals surface area contributed by atoms with Crippen LogP contribution in [0.2, 0.25) is 0 Å². The number of nitrogens with two attached hydrogens (primary N) is 1. The van der Waals surface area contributed by atoms with Crippen molar-refractivity contribution in [2.75, 3.05) is 13.1 Å². The van der Waals surface area contributed by atoms with Gasteiger partial charge in [0, 0.05) is 18.6 Å². The first-order valence-corrected chi connectivity index (χ1v) is 6.19. The minimum atomic E-state index is -1.23. The van der Waals surface area contributed by atoms with Gasteiger partial charge >= 0.3 is 11.9 Å². The summed E-state index contributed by atoms with van der Waals surface area (Å²) < 4.78 is 0. The molecule has 20 heavy (non-hydrogen) atoms. The van der Waals surface area contributed by atoms with Crippen LogP contribution in [0.3, 0.4) is 0 Å². The molecule has 6 heteroatoms. The smallest absolute Gasteiger partial charge is 0.336 e. The van der Waals surface area contributed by atoms with Crippen LogP contribution in [-0.2, 0) is 0 Å². The highest BCUT2D eigenvalue weighted by Gasteiger charge is 2.13. The Balaban J connectivity index is 0.000000396. The van der Waals surface area contributed by atoms with E-state index < -0.39 is 11.9 Å². The number of carboxylic acid groups (broad SMARTS) is 2. The van der Waals surface area contributed by atoms with E-state index in [1.165, 1.54) is 24.3 Å². The lowest BCUT2D eigenvalue weighted by Crippen LogP contribution is -2.38. The van der Waals surface area contributed by atoms with E-state index in [0.29, 0.717) is 0 Å². The van der Waals surface area contributed by atoms with E-state index in [4.69, 9.17) is 15.9 Å². The predicted octanol–water partition coefficient (Wildman–Crippen LogP) is 1.42. The van der Waals surface area contributed by atoms with Gasteiger partial charge in [-0.15, -0.1) is 0 Å².